The van der Waals surface area contributed by atoms with Crippen molar-refractivity contribution in [1.82, 2.24) is 10.9 Å². The first-order chi connectivity index (χ1) is 14.4. The molecule has 0 fully saturated rings. The van der Waals surface area contributed by atoms with E-state index in [-0.39, 0.29) is 39.6 Å². The van der Waals surface area contributed by atoms with Gasteiger partial charge in [0.05, 0.1) is 12.4 Å². The number of thioether (sulfide) groups is 1. The van der Waals surface area contributed by atoms with Crippen LogP contribution in [0.25, 0.3) is 0 Å². The Hall–Kier alpha value is -1.75. The van der Waals surface area contributed by atoms with Crippen molar-refractivity contribution in [1.29, 1.82) is 0 Å². The topological polar surface area (TPSA) is 48.8 Å². The third-order valence-corrected chi connectivity index (χ3v) is 4.22. The van der Waals surface area contributed by atoms with Crippen molar-refractivity contribution in [2.45, 2.75) is 5.50 Å². The fraction of sp³-hybridized carbons (Fsp3) is 0.0833. The van der Waals surface area contributed by atoms with E-state index in [0.29, 0.717) is 0 Å². The Morgan fingerprint density at radius 1 is 0.645 bits per heavy atom. The van der Waals surface area contributed by atoms with Crippen LogP contribution in [0.4, 0.5) is 0 Å². The summed E-state index contributed by atoms with van der Waals surface area (Å²) in [6.45, 7) is 0. The van der Waals surface area contributed by atoms with Gasteiger partial charge in [-0.1, -0.05) is 85.1 Å². The maximum Gasteiger partial charge on any atom is 0.175 e. The Morgan fingerprint density at radius 2 is 1.06 bits per heavy atom. The number of nitrogens with one attached hydrogen (secondary N) is 2. The zero-order chi connectivity index (χ0) is 20.4. The van der Waals surface area contributed by atoms with Gasteiger partial charge in [-0.2, -0.15) is 10.2 Å². The van der Waals surface area contributed by atoms with Crippen LogP contribution in [0.5, 0.6) is 0 Å². The minimum absolute atomic E-state index is 0. The summed E-state index contributed by atoms with van der Waals surface area (Å²) >= 11 is 1.59. The summed E-state index contributed by atoms with van der Waals surface area (Å²) in [5.41, 5.74) is 8.09. The standard InChI is InChI=1S/C14H16N4S.2C5H5.2Fe/c1-19-14(17-15-10-12-6-2-3-7-12)18-16-11-13-8-4-5-9-13;2*1-2-4-5-3-1;;/h2-11,14,17-18H,1H3;2*1-5H;;/b15-10+,16-11+;;;;. The van der Waals surface area contributed by atoms with Gasteiger partial charge in [-0.15, -0.1) is 11.8 Å². The Labute approximate surface area is 212 Å². The van der Waals surface area contributed by atoms with Crippen LogP contribution in [0.15, 0.2) is 106 Å². The van der Waals surface area contributed by atoms with Crippen LogP contribution >= 0.6 is 11.8 Å². The molecule has 0 aromatic rings. The number of hydrazone groups is 2. The molecule has 0 saturated heterocycles. The van der Waals surface area contributed by atoms with Gasteiger partial charge >= 0.3 is 0 Å². The number of allylic oxidation sites excluding steroid dienone is 16. The molecule has 0 aliphatic heterocycles. The molecule has 4 radical (unpaired) electrons. The van der Waals surface area contributed by atoms with Gasteiger partial charge in [0.2, 0.25) is 0 Å². The van der Waals surface area contributed by atoms with Crippen molar-refractivity contribution in [2.75, 3.05) is 6.26 Å². The average molecular weight is 514 g/mol. The van der Waals surface area contributed by atoms with Gasteiger partial charge in [-0.25, -0.2) is 0 Å². The summed E-state index contributed by atoms with van der Waals surface area (Å²) in [4.78, 5) is 0. The molecule has 4 rings (SSSR count). The van der Waals surface area contributed by atoms with Gasteiger partial charge in [-0.05, 0) is 17.4 Å². The Bertz CT molecular complexity index is 703. The maximum atomic E-state index is 4.17. The van der Waals surface area contributed by atoms with Crippen LogP contribution < -0.4 is 10.9 Å². The monoisotopic (exact) mass is 514 g/mol. The summed E-state index contributed by atoms with van der Waals surface area (Å²) in [5, 5.41) is 8.34. The first kappa shape index (κ1) is 29.2. The second-order valence-electron chi connectivity index (χ2n) is 5.75. The molecule has 4 aliphatic carbocycles. The minimum atomic E-state index is -0.0579. The SMILES string of the molecule is CSC(N/N=C/C1=CC=C[CH]1)N/N=C/C1=CC=C[CH]1.[CH]1C=CC=C1.[CH]1C=CC=C1.[Fe].[Fe]. The molecule has 2 N–H and O–H groups in total. The van der Waals surface area contributed by atoms with Crippen molar-refractivity contribution >= 4 is 24.2 Å². The molecular formula is C24H26Fe2N4S. The quantitative estimate of drug-likeness (QED) is 0.222. The molecule has 0 amide bonds. The first-order valence-corrected chi connectivity index (χ1v) is 10.5. The molecule has 0 bridgehead atoms. The average Bonchev–Trinajstić information content (AvgIpc) is 3.56. The van der Waals surface area contributed by atoms with Crippen molar-refractivity contribution in [3.05, 3.63) is 122 Å². The Kier molecular flexibility index (Phi) is 19.0. The zero-order valence-corrected chi connectivity index (χ0v) is 20.2. The van der Waals surface area contributed by atoms with Gasteiger partial charge in [0.15, 0.2) is 5.50 Å². The Balaban J connectivity index is 0.000000615. The van der Waals surface area contributed by atoms with Crippen LogP contribution in [-0.2, 0) is 34.1 Å². The van der Waals surface area contributed by atoms with Gasteiger partial charge in [0, 0.05) is 59.8 Å². The zero-order valence-electron chi connectivity index (χ0n) is 17.1. The molecule has 164 valence electrons. The summed E-state index contributed by atoms with van der Waals surface area (Å²) in [6.07, 6.45) is 41.5. The minimum Gasteiger partial charge on any atom is -0.277 e. The van der Waals surface area contributed by atoms with E-state index in [1.807, 2.05) is 117 Å². The van der Waals surface area contributed by atoms with Gasteiger partial charge in [0.1, 0.15) is 0 Å². The number of rotatable bonds is 7. The summed E-state index contributed by atoms with van der Waals surface area (Å²) in [5.74, 6) is 0. The molecule has 0 saturated carbocycles. The third kappa shape index (κ3) is 14.8. The molecule has 0 unspecified atom stereocenters. The molecule has 4 nitrogen and oxygen atoms in total. The van der Waals surface area contributed by atoms with Crippen LogP contribution in [0.2, 0.25) is 0 Å². The van der Waals surface area contributed by atoms with E-state index in [1.54, 1.807) is 24.2 Å². The predicted octanol–water partition coefficient (Wildman–Crippen LogP) is 4.81. The van der Waals surface area contributed by atoms with E-state index in [0.717, 1.165) is 11.1 Å². The number of nitrogens with zero attached hydrogens (tertiary/aromatic N) is 2. The second-order valence-corrected chi connectivity index (χ2v) is 6.69. The van der Waals surface area contributed by atoms with E-state index >= 15 is 0 Å². The molecule has 7 heteroatoms. The van der Waals surface area contributed by atoms with Crippen molar-refractivity contribution in [3.8, 4) is 0 Å². The molecule has 0 aromatic heterocycles. The van der Waals surface area contributed by atoms with Crippen LogP contribution in [0, 0.1) is 25.7 Å². The predicted molar refractivity (Wildman–Crippen MR) is 129 cm³/mol. The van der Waals surface area contributed by atoms with Crippen LogP contribution in [-0.4, -0.2) is 24.2 Å². The van der Waals surface area contributed by atoms with Gasteiger partial charge < -0.3 is 0 Å². The van der Waals surface area contributed by atoms with Crippen molar-refractivity contribution in [2.24, 2.45) is 10.2 Å². The van der Waals surface area contributed by atoms with E-state index in [1.165, 1.54) is 0 Å². The maximum absolute atomic E-state index is 4.17. The Morgan fingerprint density at radius 3 is 1.32 bits per heavy atom. The summed E-state index contributed by atoms with van der Waals surface area (Å²) < 4.78 is 0. The molecule has 0 spiro atoms. The second kappa shape index (κ2) is 20.2. The van der Waals surface area contributed by atoms with E-state index in [2.05, 4.69) is 21.1 Å². The van der Waals surface area contributed by atoms with Gasteiger partial charge in [-0.3, -0.25) is 10.9 Å². The third-order valence-electron chi connectivity index (χ3n) is 3.53. The van der Waals surface area contributed by atoms with Crippen molar-refractivity contribution < 1.29 is 34.1 Å². The first-order valence-electron chi connectivity index (χ1n) is 9.25. The van der Waals surface area contributed by atoms with E-state index in [9.17, 15) is 0 Å². The largest absolute Gasteiger partial charge is 0.277 e. The fourth-order valence-electron chi connectivity index (χ4n) is 2.08. The van der Waals surface area contributed by atoms with Gasteiger partial charge in [0.25, 0.3) is 0 Å². The van der Waals surface area contributed by atoms with E-state index in [4.69, 9.17) is 0 Å². The van der Waals surface area contributed by atoms with Crippen molar-refractivity contribution in [3.63, 3.8) is 0 Å². The summed E-state index contributed by atoms with van der Waals surface area (Å²) in [6, 6.07) is 0. The normalized spacial score (nSPS) is 16.6. The molecule has 0 heterocycles. The smallest absolute Gasteiger partial charge is 0.175 e. The van der Waals surface area contributed by atoms with E-state index < -0.39 is 0 Å². The van der Waals surface area contributed by atoms with Crippen LogP contribution in [0.1, 0.15) is 0 Å². The summed E-state index contributed by atoms with van der Waals surface area (Å²) in [7, 11) is 0. The molecule has 4 aliphatic rings. The fourth-order valence-corrected chi connectivity index (χ4v) is 2.42. The number of hydrogen-bond acceptors (Lipinski definition) is 5. The molecule has 0 aromatic carbocycles. The molecular weight excluding hydrogens is 488 g/mol. The molecule has 0 atom stereocenters. The number of hydrogen-bond donors (Lipinski definition) is 2. The molecule has 31 heavy (non-hydrogen) atoms. The van der Waals surface area contributed by atoms with Crippen LogP contribution in [0.3, 0.4) is 0 Å².